The van der Waals surface area contributed by atoms with Crippen LogP contribution in [0.1, 0.15) is 0 Å². The summed E-state index contributed by atoms with van der Waals surface area (Å²) in [5.41, 5.74) is 2.48. The largest absolute Gasteiger partial charge is 0.367 e. The van der Waals surface area contributed by atoms with Gasteiger partial charge in [0.05, 0.1) is 11.9 Å². The van der Waals surface area contributed by atoms with Gasteiger partial charge in [-0.15, -0.1) is 0 Å². The molecule has 0 amide bonds. The van der Waals surface area contributed by atoms with E-state index in [9.17, 15) is 4.39 Å². The minimum atomic E-state index is -0.381. The maximum Gasteiger partial charge on any atom is 0.150 e. The fourth-order valence-corrected chi connectivity index (χ4v) is 3.39. The fraction of sp³-hybridized carbons (Fsp3) is 0.222. The average molecular weight is 343 g/mol. The normalized spacial score (nSPS) is 15.1. The zero-order chi connectivity index (χ0) is 16.5. The third-order valence-electron chi connectivity index (χ3n) is 4.37. The molecular weight excluding hydrogens is 327 g/mol. The lowest BCUT2D eigenvalue weighted by atomic mass is 10.1. The van der Waals surface area contributed by atoms with Gasteiger partial charge in [0.15, 0.2) is 5.82 Å². The maximum absolute atomic E-state index is 14.1. The number of hydrogen-bond acceptors (Lipinski definition) is 4. The highest BCUT2D eigenvalue weighted by Gasteiger charge is 2.20. The molecule has 1 fully saturated rings. The van der Waals surface area contributed by atoms with Crippen molar-refractivity contribution in [1.82, 2.24) is 9.97 Å². The number of rotatable bonds is 2. The van der Waals surface area contributed by atoms with E-state index in [1.165, 1.54) is 6.07 Å². The van der Waals surface area contributed by atoms with Crippen molar-refractivity contribution in [1.29, 1.82) is 0 Å². The van der Waals surface area contributed by atoms with Crippen molar-refractivity contribution in [3.8, 4) is 0 Å². The lowest BCUT2D eigenvalue weighted by Crippen LogP contribution is -2.46. The minimum absolute atomic E-state index is 0.367. The summed E-state index contributed by atoms with van der Waals surface area (Å²) in [4.78, 5) is 12.9. The number of fused-ring (bicyclic) bond motifs is 1. The molecule has 0 radical (unpaired) electrons. The number of nitrogens with zero attached hydrogens (tertiary/aromatic N) is 4. The van der Waals surface area contributed by atoms with Crippen LogP contribution in [0.5, 0.6) is 0 Å². The molecule has 3 aromatic rings. The van der Waals surface area contributed by atoms with Crippen LogP contribution >= 0.6 is 11.6 Å². The van der Waals surface area contributed by atoms with Gasteiger partial charge in [-0.1, -0.05) is 11.6 Å². The van der Waals surface area contributed by atoms with Crippen LogP contribution in [0.3, 0.4) is 0 Å². The van der Waals surface area contributed by atoms with Gasteiger partial charge < -0.3 is 9.80 Å². The molecule has 6 heteroatoms. The Kier molecular flexibility index (Phi) is 3.94. The van der Waals surface area contributed by atoms with Crippen LogP contribution in [0.4, 0.5) is 15.8 Å². The molecule has 2 aromatic heterocycles. The van der Waals surface area contributed by atoms with E-state index < -0.39 is 0 Å². The van der Waals surface area contributed by atoms with Crippen molar-refractivity contribution in [2.45, 2.75) is 0 Å². The van der Waals surface area contributed by atoms with Gasteiger partial charge in [0.25, 0.3) is 0 Å². The Labute approximate surface area is 144 Å². The van der Waals surface area contributed by atoms with Crippen LogP contribution < -0.4 is 9.80 Å². The third-order valence-corrected chi connectivity index (χ3v) is 4.59. The number of halogens is 2. The molecule has 1 aromatic carbocycles. The van der Waals surface area contributed by atoms with Gasteiger partial charge >= 0.3 is 0 Å². The first-order valence-corrected chi connectivity index (χ1v) is 8.24. The predicted molar refractivity (Wildman–Crippen MR) is 95.4 cm³/mol. The van der Waals surface area contributed by atoms with Crippen molar-refractivity contribution < 1.29 is 4.39 Å². The van der Waals surface area contributed by atoms with Gasteiger partial charge in [0.1, 0.15) is 5.52 Å². The fourth-order valence-electron chi connectivity index (χ4n) is 3.19. The molecule has 122 valence electrons. The molecule has 1 aliphatic rings. The third kappa shape index (κ3) is 2.76. The van der Waals surface area contributed by atoms with Crippen LogP contribution in [0.2, 0.25) is 5.02 Å². The van der Waals surface area contributed by atoms with Crippen LogP contribution in [-0.4, -0.2) is 36.1 Å². The SMILES string of the molecule is Fc1cc(Cl)cc2c(N3CCN(c4cccnc4)CC3)ccnc12. The first-order chi connectivity index (χ1) is 11.7. The highest BCUT2D eigenvalue weighted by Crippen LogP contribution is 2.30. The van der Waals surface area contributed by atoms with Crippen LogP contribution in [0.25, 0.3) is 10.9 Å². The van der Waals surface area contributed by atoms with E-state index in [2.05, 4.69) is 25.8 Å². The second kappa shape index (κ2) is 6.24. The van der Waals surface area contributed by atoms with Gasteiger partial charge in [-0.25, -0.2) is 4.39 Å². The molecular formula is C18H16ClFN4. The summed E-state index contributed by atoms with van der Waals surface area (Å²) in [5, 5.41) is 1.15. The molecule has 1 saturated heterocycles. The number of anilines is 2. The summed E-state index contributed by atoms with van der Waals surface area (Å²) in [6.45, 7) is 3.47. The van der Waals surface area contributed by atoms with E-state index in [1.54, 1.807) is 18.5 Å². The van der Waals surface area contributed by atoms with E-state index in [-0.39, 0.29) is 5.82 Å². The van der Waals surface area contributed by atoms with Crippen molar-refractivity contribution in [3.63, 3.8) is 0 Å². The topological polar surface area (TPSA) is 32.3 Å². The minimum Gasteiger partial charge on any atom is -0.367 e. The quantitative estimate of drug-likeness (QED) is 0.710. The van der Waals surface area contributed by atoms with Crippen molar-refractivity contribution in [2.24, 2.45) is 0 Å². The lowest BCUT2D eigenvalue weighted by Gasteiger charge is -2.37. The summed E-state index contributed by atoms with van der Waals surface area (Å²) in [6, 6.07) is 9.04. The van der Waals surface area contributed by atoms with E-state index >= 15 is 0 Å². The molecule has 4 nitrogen and oxygen atoms in total. The van der Waals surface area contributed by atoms with Gasteiger partial charge in [0.2, 0.25) is 0 Å². The number of aromatic nitrogens is 2. The number of pyridine rings is 2. The second-order valence-corrected chi connectivity index (χ2v) is 6.24. The molecule has 0 unspecified atom stereocenters. The molecule has 0 aliphatic carbocycles. The molecule has 24 heavy (non-hydrogen) atoms. The van der Waals surface area contributed by atoms with Crippen LogP contribution in [0, 0.1) is 5.82 Å². The van der Waals surface area contributed by atoms with E-state index in [4.69, 9.17) is 11.6 Å². The molecule has 4 rings (SSSR count). The Hall–Kier alpha value is -2.40. The highest BCUT2D eigenvalue weighted by molar-refractivity contribution is 6.31. The summed E-state index contributed by atoms with van der Waals surface area (Å²) in [5.74, 6) is -0.381. The zero-order valence-electron chi connectivity index (χ0n) is 13.0. The Balaban J connectivity index is 1.61. The summed E-state index contributed by atoms with van der Waals surface area (Å²) in [7, 11) is 0. The molecule has 1 aliphatic heterocycles. The molecule has 0 bridgehead atoms. The van der Waals surface area contributed by atoms with E-state index in [0.29, 0.717) is 10.5 Å². The summed E-state index contributed by atoms with van der Waals surface area (Å²) < 4.78 is 14.1. The Morgan fingerprint density at radius 3 is 2.54 bits per heavy atom. The molecule has 0 N–H and O–H groups in total. The smallest absolute Gasteiger partial charge is 0.150 e. The average Bonchev–Trinajstić information content (AvgIpc) is 2.62. The first kappa shape index (κ1) is 15.1. The van der Waals surface area contributed by atoms with Crippen molar-refractivity contribution in [2.75, 3.05) is 36.0 Å². The second-order valence-electron chi connectivity index (χ2n) is 5.80. The number of piperazine rings is 1. The van der Waals surface area contributed by atoms with E-state index in [1.807, 2.05) is 18.3 Å². The lowest BCUT2D eigenvalue weighted by molar-refractivity contribution is 0.636. The first-order valence-electron chi connectivity index (χ1n) is 7.86. The molecule has 0 atom stereocenters. The standard InChI is InChI=1S/C18H16ClFN4/c19-13-10-15-17(3-5-22-18(15)16(20)11-13)24-8-6-23(7-9-24)14-2-1-4-21-12-14/h1-5,10-12H,6-9H2. The Bertz CT molecular complexity index is 864. The summed E-state index contributed by atoms with van der Waals surface area (Å²) >= 11 is 6.04. The highest BCUT2D eigenvalue weighted by atomic mass is 35.5. The predicted octanol–water partition coefficient (Wildman–Crippen LogP) is 3.75. The molecule has 0 saturated carbocycles. The monoisotopic (exact) mass is 342 g/mol. The Morgan fingerprint density at radius 1 is 1.00 bits per heavy atom. The number of benzene rings is 1. The number of hydrogen-bond donors (Lipinski definition) is 0. The maximum atomic E-state index is 14.1. The van der Waals surface area contributed by atoms with Gasteiger partial charge in [-0.2, -0.15) is 0 Å². The molecule has 3 heterocycles. The van der Waals surface area contributed by atoms with Crippen LogP contribution in [0.15, 0.2) is 48.9 Å². The van der Waals surface area contributed by atoms with Crippen LogP contribution in [-0.2, 0) is 0 Å². The zero-order valence-corrected chi connectivity index (χ0v) is 13.7. The van der Waals surface area contributed by atoms with Crippen molar-refractivity contribution >= 4 is 33.9 Å². The van der Waals surface area contributed by atoms with Gasteiger partial charge in [-0.05, 0) is 30.3 Å². The molecule has 0 spiro atoms. The van der Waals surface area contributed by atoms with Gasteiger partial charge in [-0.3, -0.25) is 9.97 Å². The van der Waals surface area contributed by atoms with Crippen molar-refractivity contribution in [3.05, 3.63) is 59.8 Å². The van der Waals surface area contributed by atoms with Gasteiger partial charge in [0, 0.05) is 54.7 Å². The Morgan fingerprint density at radius 2 is 1.79 bits per heavy atom. The summed E-state index contributed by atoms with van der Waals surface area (Å²) in [6.07, 6.45) is 5.32. The van der Waals surface area contributed by atoms with E-state index in [0.717, 1.165) is 42.9 Å².